The number of phenols is 1. The Labute approximate surface area is 193 Å². The number of amides is 1. The molecule has 0 bridgehead atoms. The quantitative estimate of drug-likeness (QED) is 0.330. The van der Waals surface area contributed by atoms with Gasteiger partial charge in [0.15, 0.2) is 0 Å². The summed E-state index contributed by atoms with van der Waals surface area (Å²) in [6.07, 6.45) is 0. The number of aliphatic hydroxyl groups is 1. The average molecular weight is 467 g/mol. The number of phenolic OH excluding ortho intramolecular Hbond substituents is 1. The number of halogens is 2. The lowest BCUT2D eigenvalue weighted by atomic mass is 9.94. The molecule has 1 aliphatic heterocycles. The number of ketones is 1. The van der Waals surface area contributed by atoms with Gasteiger partial charge < -0.3 is 19.7 Å². The van der Waals surface area contributed by atoms with Crippen molar-refractivity contribution in [3.63, 3.8) is 0 Å². The normalized spacial score (nSPS) is 17.2. The van der Waals surface area contributed by atoms with Crippen LogP contribution in [0.15, 0.2) is 66.2 Å². The molecule has 0 aromatic heterocycles. The van der Waals surface area contributed by atoms with Gasteiger partial charge in [0.25, 0.3) is 11.7 Å². The molecule has 3 aromatic rings. The van der Waals surface area contributed by atoms with Crippen LogP contribution in [0.25, 0.3) is 5.76 Å². The number of anilines is 1. The van der Waals surface area contributed by atoms with Crippen molar-refractivity contribution in [2.24, 2.45) is 0 Å². The zero-order valence-corrected chi connectivity index (χ0v) is 18.1. The van der Waals surface area contributed by atoms with Gasteiger partial charge in [-0.15, -0.1) is 0 Å². The molecule has 1 amide bonds. The van der Waals surface area contributed by atoms with Gasteiger partial charge in [0, 0.05) is 12.1 Å². The van der Waals surface area contributed by atoms with Crippen molar-refractivity contribution < 1.29 is 38.1 Å². The topological polar surface area (TPSA) is 96.3 Å². The molecule has 4 rings (SSSR count). The minimum Gasteiger partial charge on any atom is -0.508 e. The molecule has 1 aliphatic rings. The Hall–Kier alpha value is -4.40. The van der Waals surface area contributed by atoms with Crippen molar-refractivity contribution in [2.75, 3.05) is 19.1 Å². The molecule has 1 unspecified atom stereocenters. The maximum atomic E-state index is 14.7. The van der Waals surface area contributed by atoms with Crippen molar-refractivity contribution in [2.45, 2.75) is 6.04 Å². The molecule has 1 fully saturated rings. The number of ether oxygens (including phenoxy) is 2. The summed E-state index contributed by atoms with van der Waals surface area (Å²) >= 11 is 0. The van der Waals surface area contributed by atoms with Crippen LogP contribution < -0.4 is 14.4 Å². The summed E-state index contributed by atoms with van der Waals surface area (Å²) in [6, 6.07) is 11.1. The Morgan fingerprint density at radius 2 is 1.74 bits per heavy atom. The second kappa shape index (κ2) is 8.86. The number of rotatable bonds is 5. The van der Waals surface area contributed by atoms with E-state index in [9.17, 15) is 28.6 Å². The van der Waals surface area contributed by atoms with Gasteiger partial charge in [-0.05, 0) is 42.0 Å². The van der Waals surface area contributed by atoms with Gasteiger partial charge >= 0.3 is 0 Å². The molecule has 3 aromatic carbocycles. The SMILES string of the molecule is COc1ccc(/C(O)=C2/C(=O)C(=O)N(c3cc(F)ccc3F)C2c2cccc(O)c2)c(OC)c1. The predicted molar refractivity (Wildman–Crippen MR) is 119 cm³/mol. The summed E-state index contributed by atoms with van der Waals surface area (Å²) in [5, 5.41) is 21.2. The van der Waals surface area contributed by atoms with Gasteiger partial charge in [0.1, 0.15) is 34.6 Å². The number of carbonyl (C=O) groups is 2. The Balaban J connectivity index is 2.00. The fraction of sp³-hybridized carbons (Fsp3) is 0.120. The molecule has 7 nitrogen and oxygen atoms in total. The Morgan fingerprint density at radius 1 is 0.971 bits per heavy atom. The number of aromatic hydroxyl groups is 1. The highest BCUT2D eigenvalue weighted by Crippen LogP contribution is 2.44. The average Bonchev–Trinajstić information content (AvgIpc) is 3.10. The number of aliphatic hydroxyl groups excluding tert-OH is 1. The summed E-state index contributed by atoms with van der Waals surface area (Å²) in [7, 11) is 2.79. The van der Waals surface area contributed by atoms with Crippen molar-refractivity contribution >= 4 is 23.1 Å². The first-order valence-corrected chi connectivity index (χ1v) is 10.0. The minimum atomic E-state index is -1.37. The minimum absolute atomic E-state index is 0.0752. The van der Waals surface area contributed by atoms with Crippen LogP contribution in [-0.4, -0.2) is 36.1 Å². The van der Waals surface area contributed by atoms with E-state index in [4.69, 9.17) is 9.47 Å². The van der Waals surface area contributed by atoms with Crippen LogP contribution in [-0.2, 0) is 9.59 Å². The number of hydrogen-bond acceptors (Lipinski definition) is 6. The van der Waals surface area contributed by atoms with Gasteiger partial charge in [0.05, 0.1) is 37.1 Å². The maximum absolute atomic E-state index is 14.7. The van der Waals surface area contributed by atoms with Crippen LogP contribution in [0.1, 0.15) is 17.2 Å². The van der Waals surface area contributed by atoms with Crippen LogP contribution in [0, 0.1) is 11.6 Å². The molecule has 1 atom stereocenters. The number of hydrogen-bond donors (Lipinski definition) is 2. The lowest BCUT2D eigenvalue weighted by Gasteiger charge is -2.26. The number of carbonyl (C=O) groups excluding carboxylic acids is 2. The van der Waals surface area contributed by atoms with E-state index in [1.54, 1.807) is 0 Å². The molecule has 9 heteroatoms. The van der Waals surface area contributed by atoms with Gasteiger partial charge in [-0.1, -0.05) is 12.1 Å². The molecule has 1 saturated heterocycles. The van der Waals surface area contributed by atoms with Crippen LogP contribution in [0.3, 0.4) is 0 Å². The van der Waals surface area contributed by atoms with E-state index in [0.29, 0.717) is 5.75 Å². The number of Topliss-reactive ketones (excluding diaryl/α,β-unsaturated/α-hetero) is 1. The zero-order chi connectivity index (χ0) is 24.6. The first-order chi connectivity index (χ1) is 16.3. The second-order valence-electron chi connectivity index (χ2n) is 7.43. The van der Waals surface area contributed by atoms with Crippen LogP contribution in [0.2, 0.25) is 0 Å². The molecule has 0 saturated carbocycles. The van der Waals surface area contributed by atoms with Gasteiger partial charge in [-0.2, -0.15) is 0 Å². The van der Waals surface area contributed by atoms with Crippen molar-refractivity contribution in [1.29, 1.82) is 0 Å². The zero-order valence-electron chi connectivity index (χ0n) is 18.1. The highest BCUT2D eigenvalue weighted by molar-refractivity contribution is 6.51. The molecule has 0 spiro atoms. The largest absolute Gasteiger partial charge is 0.508 e. The fourth-order valence-electron chi connectivity index (χ4n) is 3.90. The molecular weight excluding hydrogens is 448 g/mol. The molecule has 34 heavy (non-hydrogen) atoms. The van der Waals surface area contributed by atoms with E-state index in [2.05, 4.69) is 0 Å². The third-order valence-electron chi connectivity index (χ3n) is 5.46. The monoisotopic (exact) mass is 467 g/mol. The molecule has 0 aliphatic carbocycles. The summed E-state index contributed by atoms with van der Waals surface area (Å²) < 4.78 is 39.1. The molecule has 0 radical (unpaired) electrons. The number of benzene rings is 3. The first kappa shape index (κ1) is 22.8. The van der Waals surface area contributed by atoms with Gasteiger partial charge in [-0.25, -0.2) is 8.78 Å². The van der Waals surface area contributed by atoms with Gasteiger partial charge in [-0.3, -0.25) is 14.5 Å². The van der Waals surface area contributed by atoms with Crippen LogP contribution >= 0.6 is 0 Å². The van der Waals surface area contributed by atoms with Crippen molar-refractivity contribution in [3.8, 4) is 17.2 Å². The predicted octanol–water partition coefficient (Wildman–Crippen LogP) is 4.31. The molecular formula is C25H19F2NO6. The van der Waals surface area contributed by atoms with E-state index in [-0.39, 0.29) is 28.2 Å². The third kappa shape index (κ3) is 3.81. The van der Waals surface area contributed by atoms with E-state index >= 15 is 0 Å². The Kier molecular flexibility index (Phi) is 5.93. The molecule has 174 valence electrons. The highest BCUT2D eigenvalue weighted by Gasteiger charge is 2.48. The summed E-state index contributed by atoms with van der Waals surface area (Å²) in [5.41, 5.74) is -0.609. The second-order valence-corrected chi connectivity index (χ2v) is 7.43. The van der Waals surface area contributed by atoms with E-state index < -0.39 is 40.8 Å². The third-order valence-corrected chi connectivity index (χ3v) is 5.46. The van der Waals surface area contributed by atoms with Gasteiger partial charge in [0.2, 0.25) is 0 Å². The summed E-state index contributed by atoms with van der Waals surface area (Å²) in [4.78, 5) is 27.0. The van der Waals surface area contributed by atoms with E-state index in [0.717, 1.165) is 23.1 Å². The van der Waals surface area contributed by atoms with E-state index in [1.165, 1.54) is 56.7 Å². The summed E-state index contributed by atoms with van der Waals surface area (Å²) in [5.74, 6) is -4.29. The van der Waals surface area contributed by atoms with Crippen molar-refractivity contribution in [3.05, 3.63) is 89.0 Å². The molecule has 1 heterocycles. The van der Waals surface area contributed by atoms with Crippen LogP contribution in [0.5, 0.6) is 17.2 Å². The number of nitrogens with zero attached hydrogens (tertiary/aromatic N) is 1. The Bertz CT molecular complexity index is 1340. The standard InChI is InChI=1S/C25H19F2NO6/c1-33-16-7-8-17(20(12-16)34-2)23(30)21-22(13-4-3-5-15(29)10-13)28(25(32)24(21)31)19-11-14(26)6-9-18(19)27/h3-12,22,29-30H,1-2H3/b23-21-. The Morgan fingerprint density at radius 3 is 2.41 bits per heavy atom. The van der Waals surface area contributed by atoms with Crippen molar-refractivity contribution in [1.82, 2.24) is 0 Å². The lowest BCUT2D eigenvalue weighted by molar-refractivity contribution is -0.132. The lowest BCUT2D eigenvalue weighted by Crippen LogP contribution is -2.30. The fourth-order valence-corrected chi connectivity index (χ4v) is 3.90. The van der Waals surface area contributed by atoms with E-state index in [1.807, 2.05) is 0 Å². The smallest absolute Gasteiger partial charge is 0.300 e. The number of methoxy groups -OCH3 is 2. The highest BCUT2D eigenvalue weighted by atomic mass is 19.1. The first-order valence-electron chi connectivity index (χ1n) is 10.0. The summed E-state index contributed by atoms with van der Waals surface area (Å²) in [6.45, 7) is 0. The maximum Gasteiger partial charge on any atom is 0.300 e. The van der Waals surface area contributed by atoms with Crippen LogP contribution in [0.4, 0.5) is 14.5 Å². The molecule has 2 N–H and O–H groups in total.